The Labute approximate surface area is 110 Å². The highest BCUT2D eigenvalue weighted by molar-refractivity contribution is 7.15. The third-order valence-electron chi connectivity index (χ3n) is 2.35. The van der Waals surface area contributed by atoms with Gasteiger partial charge >= 0.3 is 0 Å². The third-order valence-corrected chi connectivity index (χ3v) is 3.27. The van der Waals surface area contributed by atoms with E-state index in [1.807, 2.05) is 32.2 Å². The molecule has 2 rings (SSSR count). The summed E-state index contributed by atoms with van der Waals surface area (Å²) in [5.41, 5.74) is 1.13. The van der Waals surface area contributed by atoms with Crippen molar-refractivity contribution in [2.45, 2.75) is 13.5 Å². The minimum absolute atomic E-state index is 0.388. The van der Waals surface area contributed by atoms with E-state index in [0.29, 0.717) is 12.4 Å². The molecule has 5 nitrogen and oxygen atoms in total. The fourth-order valence-corrected chi connectivity index (χ4v) is 2.05. The number of rotatable bonds is 5. The topological polar surface area (TPSA) is 56.3 Å². The Hall–Kier alpha value is -1.82. The Balaban J connectivity index is 2.05. The largest absolute Gasteiger partial charge is 0.493 e. The Bertz CT molecular complexity index is 528. The van der Waals surface area contributed by atoms with E-state index in [4.69, 9.17) is 9.47 Å². The van der Waals surface area contributed by atoms with Crippen molar-refractivity contribution in [1.82, 2.24) is 10.2 Å². The molecule has 0 spiro atoms. The second-order valence-electron chi connectivity index (χ2n) is 3.69. The lowest BCUT2D eigenvalue weighted by atomic mass is 10.2. The van der Waals surface area contributed by atoms with E-state index in [2.05, 4.69) is 15.5 Å². The van der Waals surface area contributed by atoms with Gasteiger partial charge in [-0.3, -0.25) is 0 Å². The molecule has 0 atom stereocenters. The van der Waals surface area contributed by atoms with Crippen LogP contribution in [0.15, 0.2) is 18.2 Å². The van der Waals surface area contributed by atoms with Gasteiger partial charge in [-0.2, -0.15) is 0 Å². The number of benzene rings is 1. The second kappa shape index (κ2) is 5.68. The standard InChI is InChI=1S/C12H15N3O2S/c1-8-4-5-9(10(6-8)16-3)17-7-11-14-15-12(13-2)18-11/h4-6H,7H2,1-3H3,(H,13,15). The zero-order chi connectivity index (χ0) is 13.0. The van der Waals surface area contributed by atoms with Gasteiger partial charge in [0.15, 0.2) is 16.5 Å². The van der Waals surface area contributed by atoms with Gasteiger partial charge in [0.2, 0.25) is 5.13 Å². The van der Waals surface area contributed by atoms with Gasteiger partial charge in [0.05, 0.1) is 7.11 Å². The maximum atomic E-state index is 5.68. The van der Waals surface area contributed by atoms with Gasteiger partial charge in [-0.25, -0.2) is 0 Å². The first-order valence-corrected chi connectivity index (χ1v) is 6.32. The zero-order valence-corrected chi connectivity index (χ0v) is 11.4. The molecule has 1 aromatic heterocycles. The molecule has 0 aliphatic heterocycles. The molecule has 1 aromatic carbocycles. The first kappa shape index (κ1) is 12.6. The van der Waals surface area contributed by atoms with Crippen LogP contribution in [-0.4, -0.2) is 24.4 Å². The molecule has 0 fully saturated rings. The Kier molecular flexibility index (Phi) is 3.99. The van der Waals surface area contributed by atoms with Gasteiger partial charge in [-0.05, 0) is 24.6 Å². The van der Waals surface area contributed by atoms with Crippen LogP contribution in [0.3, 0.4) is 0 Å². The molecule has 0 unspecified atom stereocenters. The summed E-state index contributed by atoms with van der Waals surface area (Å²) in [7, 11) is 3.44. The second-order valence-corrected chi connectivity index (χ2v) is 4.76. The number of methoxy groups -OCH3 is 1. The van der Waals surface area contributed by atoms with Gasteiger partial charge < -0.3 is 14.8 Å². The van der Waals surface area contributed by atoms with Crippen molar-refractivity contribution in [3.8, 4) is 11.5 Å². The SMILES string of the molecule is CNc1nnc(COc2ccc(C)cc2OC)s1. The lowest BCUT2D eigenvalue weighted by Crippen LogP contribution is -1.97. The first-order valence-electron chi connectivity index (χ1n) is 5.50. The molecule has 0 amide bonds. The molecule has 0 radical (unpaired) electrons. The van der Waals surface area contributed by atoms with Gasteiger partial charge in [-0.15, -0.1) is 10.2 Å². The van der Waals surface area contributed by atoms with E-state index in [9.17, 15) is 0 Å². The molecular weight excluding hydrogens is 250 g/mol. The number of aromatic nitrogens is 2. The lowest BCUT2D eigenvalue weighted by molar-refractivity contribution is 0.283. The van der Waals surface area contributed by atoms with Crippen LogP contribution >= 0.6 is 11.3 Å². The molecule has 1 heterocycles. The summed E-state index contributed by atoms with van der Waals surface area (Å²) in [4.78, 5) is 0. The fraction of sp³-hybridized carbons (Fsp3) is 0.333. The summed E-state index contributed by atoms with van der Waals surface area (Å²) in [6.07, 6.45) is 0. The van der Waals surface area contributed by atoms with E-state index >= 15 is 0 Å². The van der Waals surface area contributed by atoms with Crippen LogP contribution in [0.4, 0.5) is 5.13 Å². The van der Waals surface area contributed by atoms with E-state index in [-0.39, 0.29) is 0 Å². The summed E-state index contributed by atoms with van der Waals surface area (Å²) in [5, 5.41) is 12.5. The van der Waals surface area contributed by atoms with Crippen LogP contribution in [0.1, 0.15) is 10.6 Å². The summed E-state index contributed by atoms with van der Waals surface area (Å²) >= 11 is 1.47. The molecule has 0 bridgehead atoms. The van der Waals surface area contributed by atoms with E-state index in [1.54, 1.807) is 7.11 Å². The number of hydrogen-bond acceptors (Lipinski definition) is 6. The van der Waals surface area contributed by atoms with Gasteiger partial charge in [0.1, 0.15) is 6.61 Å². The molecule has 1 N–H and O–H groups in total. The molecule has 0 aliphatic rings. The molecule has 0 aliphatic carbocycles. The predicted octanol–water partition coefficient (Wildman–Crippen LogP) is 2.48. The summed E-state index contributed by atoms with van der Waals surface area (Å²) in [5.74, 6) is 1.44. The van der Waals surface area contributed by atoms with Gasteiger partial charge in [0, 0.05) is 7.05 Å². The number of nitrogens with one attached hydrogen (secondary N) is 1. The number of anilines is 1. The summed E-state index contributed by atoms with van der Waals surface area (Å²) in [6.45, 7) is 2.40. The maximum absolute atomic E-state index is 5.68. The minimum Gasteiger partial charge on any atom is -0.493 e. The molecule has 2 aromatic rings. The maximum Gasteiger partial charge on any atom is 0.205 e. The predicted molar refractivity (Wildman–Crippen MR) is 71.5 cm³/mol. The average Bonchev–Trinajstić information content (AvgIpc) is 2.85. The monoisotopic (exact) mass is 265 g/mol. The number of nitrogens with zero attached hydrogens (tertiary/aromatic N) is 2. The van der Waals surface area contributed by atoms with Crippen molar-refractivity contribution in [2.75, 3.05) is 19.5 Å². The zero-order valence-electron chi connectivity index (χ0n) is 10.6. The van der Waals surface area contributed by atoms with Crippen LogP contribution in [0, 0.1) is 6.92 Å². The van der Waals surface area contributed by atoms with Crippen molar-refractivity contribution >= 4 is 16.5 Å². The third kappa shape index (κ3) is 2.89. The molecule has 6 heteroatoms. The van der Waals surface area contributed by atoms with Crippen LogP contribution in [0.5, 0.6) is 11.5 Å². The highest BCUT2D eigenvalue weighted by Gasteiger charge is 2.07. The van der Waals surface area contributed by atoms with Gasteiger partial charge in [-0.1, -0.05) is 17.4 Å². The lowest BCUT2D eigenvalue weighted by Gasteiger charge is -2.09. The van der Waals surface area contributed by atoms with Crippen molar-refractivity contribution in [2.24, 2.45) is 0 Å². The van der Waals surface area contributed by atoms with E-state index in [1.165, 1.54) is 11.3 Å². The molecule has 96 valence electrons. The summed E-state index contributed by atoms with van der Waals surface area (Å²) in [6, 6.07) is 5.82. The normalized spacial score (nSPS) is 10.2. The Morgan fingerprint density at radius 2 is 2.11 bits per heavy atom. The Morgan fingerprint density at radius 1 is 1.28 bits per heavy atom. The van der Waals surface area contributed by atoms with Crippen molar-refractivity contribution in [3.63, 3.8) is 0 Å². The Morgan fingerprint density at radius 3 is 2.78 bits per heavy atom. The fourth-order valence-electron chi connectivity index (χ4n) is 1.45. The van der Waals surface area contributed by atoms with Crippen molar-refractivity contribution < 1.29 is 9.47 Å². The smallest absolute Gasteiger partial charge is 0.205 e. The van der Waals surface area contributed by atoms with Crippen molar-refractivity contribution in [1.29, 1.82) is 0 Å². The quantitative estimate of drug-likeness (QED) is 0.900. The number of ether oxygens (including phenoxy) is 2. The van der Waals surface area contributed by atoms with Crippen LogP contribution in [-0.2, 0) is 6.61 Å². The van der Waals surface area contributed by atoms with Crippen LogP contribution in [0.25, 0.3) is 0 Å². The number of hydrogen-bond donors (Lipinski definition) is 1. The van der Waals surface area contributed by atoms with Crippen LogP contribution in [0.2, 0.25) is 0 Å². The molecular formula is C12H15N3O2S. The average molecular weight is 265 g/mol. The highest BCUT2D eigenvalue weighted by Crippen LogP contribution is 2.29. The van der Waals surface area contributed by atoms with Gasteiger partial charge in [0.25, 0.3) is 0 Å². The molecule has 0 saturated carbocycles. The number of aryl methyl sites for hydroxylation is 1. The highest BCUT2D eigenvalue weighted by atomic mass is 32.1. The molecule has 0 saturated heterocycles. The summed E-state index contributed by atoms with van der Waals surface area (Å²) < 4.78 is 11.0. The van der Waals surface area contributed by atoms with Crippen LogP contribution < -0.4 is 14.8 Å². The van der Waals surface area contributed by atoms with Crippen molar-refractivity contribution in [3.05, 3.63) is 28.8 Å². The van der Waals surface area contributed by atoms with E-state index < -0.39 is 0 Å². The first-order chi connectivity index (χ1) is 8.72. The molecule has 18 heavy (non-hydrogen) atoms. The van der Waals surface area contributed by atoms with E-state index in [0.717, 1.165) is 21.5 Å². The minimum atomic E-state index is 0.388.